The minimum Gasteiger partial charge on any atom is -0.349 e. The van der Waals surface area contributed by atoms with Gasteiger partial charge in [-0.2, -0.15) is 10.2 Å². The number of hydrogen-bond donors (Lipinski definition) is 2. The lowest BCUT2D eigenvalue weighted by Crippen LogP contribution is -2.26. The number of carbonyl (C=O) groups is 1. The summed E-state index contributed by atoms with van der Waals surface area (Å²) in [6.07, 6.45) is 7.26. The number of aromatic nitrogens is 6. The Kier molecular flexibility index (Phi) is 4.41. The summed E-state index contributed by atoms with van der Waals surface area (Å²) in [6, 6.07) is 5.50. The van der Waals surface area contributed by atoms with Crippen molar-refractivity contribution in [3.05, 3.63) is 48.8 Å². The minimum absolute atomic E-state index is 0.00658. The second-order valence-corrected chi connectivity index (χ2v) is 5.16. The molecule has 0 fully saturated rings. The number of pyridine rings is 1. The molecular weight excluding hydrogens is 294 g/mol. The van der Waals surface area contributed by atoms with E-state index in [4.69, 9.17) is 0 Å². The molecule has 3 rings (SSSR count). The standard InChI is InChI=1S/C15H17N7O/c1-11(22-8-2-5-18-22)9-14(23)17-10-13-19-15(21-20-13)12-3-6-16-7-4-12/h2-8,11H,9-10H2,1H3,(H,17,23)(H,19,20,21)/t11-/m1/s1. The summed E-state index contributed by atoms with van der Waals surface area (Å²) in [5, 5.41) is 13.9. The molecule has 0 spiro atoms. The van der Waals surface area contributed by atoms with E-state index in [0.29, 0.717) is 24.6 Å². The molecule has 0 radical (unpaired) electrons. The van der Waals surface area contributed by atoms with Crippen LogP contribution in [0.5, 0.6) is 0 Å². The molecule has 0 aliphatic heterocycles. The summed E-state index contributed by atoms with van der Waals surface area (Å²) in [5.41, 5.74) is 0.876. The molecule has 3 aromatic heterocycles. The van der Waals surface area contributed by atoms with Crippen molar-refractivity contribution in [1.29, 1.82) is 0 Å². The molecule has 8 nitrogen and oxygen atoms in total. The minimum atomic E-state index is -0.0603. The largest absolute Gasteiger partial charge is 0.349 e. The van der Waals surface area contributed by atoms with E-state index in [1.807, 2.05) is 31.3 Å². The van der Waals surface area contributed by atoms with Crippen molar-refractivity contribution in [1.82, 2.24) is 35.3 Å². The van der Waals surface area contributed by atoms with Crippen LogP contribution < -0.4 is 5.32 Å². The summed E-state index contributed by atoms with van der Waals surface area (Å²) in [6.45, 7) is 2.26. The van der Waals surface area contributed by atoms with Gasteiger partial charge < -0.3 is 5.32 Å². The average molecular weight is 311 g/mol. The lowest BCUT2D eigenvalue weighted by molar-refractivity contribution is -0.122. The molecule has 0 aromatic carbocycles. The molecule has 0 unspecified atom stereocenters. The highest BCUT2D eigenvalue weighted by atomic mass is 16.1. The van der Waals surface area contributed by atoms with Crippen molar-refractivity contribution in [3.8, 4) is 11.4 Å². The Morgan fingerprint density at radius 2 is 2.17 bits per heavy atom. The summed E-state index contributed by atoms with van der Waals surface area (Å²) in [7, 11) is 0. The molecule has 118 valence electrons. The Morgan fingerprint density at radius 1 is 1.35 bits per heavy atom. The Labute approximate surface area is 133 Å². The predicted molar refractivity (Wildman–Crippen MR) is 83.0 cm³/mol. The number of rotatable bonds is 6. The monoisotopic (exact) mass is 311 g/mol. The third-order valence-corrected chi connectivity index (χ3v) is 3.38. The van der Waals surface area contributed by atoms with Gasteiger partial charge in [-0.3, -0.25) is 19.6 Å². The quantitative estimate of drug-likeness (QED) is 0.715. The zero-order chi connectivity index (χ0) is 16.1. The van der Waals surface area contributed by atoms with Crippen molar-refractivity contribution >= 4 is 5.91 Å². The van der Waals surface area contributed by atoms with Gasteiger partial charge >= 0.3 is 0 Å². The highest BCUT2D eigenvalue weighted by molar-refractivity contribution is 5.76. The Morgan fingerprint density at radius 3 is 2.91 bits per heavy atom. The highest BCUT2D eigenvalue weighted by Gasteiger charge is 2.12. The molecular formula is C15H17N7O. The maximum atomic E-state index is 12.0. The summed E-state index contributed by atoms with van der Waals surface area (Å²) >= 11 is 0. The zero-order valence-electron chi connectivity index (χ0n) is 12.7. The van der Waals surface area contributed by atoms with Gasteiger partial charge in [0.05, 0.1) is 12.6 Å². The third kappa shape index (κ3) is 3.79. The van der Waals surface area contributed by atoms with E-state index in [0.717, 1.165) is 5.56 Å². The van der Waals surface area contributed by atoms with Crippen LogP contribution in [0.15, 0.2) is 43.0 Å². The van der Waals surface area contributed by atoms with Crippen LogP contribution >= 0.6 is 0 Å². The Balaban J connectivity index is 1.52. The van der Waals surface area contributed by atoms with E-state index >= 15 is 0 Å². The first-order valence-corrected chi connectivity index (χ1v) is 7.30. The van der Waals surface area contributed by atoms with Gasteiger partial charge in [-0.15, -0.1) is 0 Å². The topological polar surface area (TPSA) is 101 Å². The van der Waals surface area contributed by atoms with Gasteiger partial charge in [0, 0.05) is 36.8 Å². The van der Waals surface area contributed by atoms with Crippen molar-refractivity contribution in [2.45, 2.75) is 25.9 Å². The number of amides is 1. The molecule has 3 aromatic rings. The average Bonchev–Trinajstić information content (AvgIpc) is 3.25. The van der Waals surface area contributed by atoms with Crippen LogP contribution in [-0.2, 0) is 11.3 Å². The third-order valence-electron chi connectivity index (χ3n) is 3.38. The smallest absolute Gasteiger partial charge is 0.222 e. The fourth-order valence-corrected chi connectivity index (χ4v) is 2.16. The van der Waals surface area contributed by atoms with E-state index in [1.165, 1.54) is 0 Å². The molecule has 0 aliphatic carbocycles. The first-order valence-electron chi connectivity index (χ1n) is 7.30. The normalized spacial score (nSPS) is 12.0. The maximum absolute atomic E-state index is 12.0. The Hall–Kier alpha value is -3.03. The van der Waals surface area contributed by atoms with Crippen molar-refractivity contribution in [2.24, 2.45) is 0 Å². The number of nitrogens with zero attached hydrogens (tertiary/aromatic N) is 5. The molecule has 8 heteroatoms. The molecule has 0 aliphatic rings. The van der Waals surface area contributed by atoms with Crippen molar-refractivity contribution < 1.29 is 4.79 Å². The lowest BCUT2D eigenvalue weighted by atomic mass is 10.2. The SMILES string of the molecule is C[C@H](CC(=O)NCc1nc(-c2ccncc2)n[nH]1)n1cccn1. The zero-order valence-corrected chi connectivity index (χ0v) is 12.7. The van der Waals surface area contributed by atoms with E-state index in [2.05, 4.69) is 30.6 Å². The van der Waals surface area contributed by atoms with Crippen LogP contribution in [0.3, 0.4) is 0 Å². The van der Waals surface area contributed by atoms with Gasteiger partial charge in [0.1, 0.15) is 5.82 Å². The van der Waals surface area contributed by atoms with Crippen LogP contribution in [0, 0.1) is 0 Å². The van der Waals surface area contributed by atoms with Crippen LogP contribution in [0.1, 0.15) is 25.2 Å². The Bertz CT molecular complexity index is 751. The second-order valence-electron chi connectivity index (χ2n) is 5.16. The number of hydrogen-bond acceptors (Lipinski definition) is 5. The number of aromatic amines is 1. The fraction of sp³-hybridized carbons (Fsp3) is 0.267. The van der Waals surface area contributed by atoms with E-state index in [9.17, 15) is 4.79 Å². The van der Waals surface area contributed by atoms with E-state index in [-0.39, 0.29) is 11.9 Å². The van der Waals surface area contributed by atoms with E-state index in [1.54, 1.807) is 23.3 Å². The van der Waals surface area contributed by atoms with Gasteiger partial charge in [-0.1, -0.05) is 0 Å². The summed E-state index contributed by atoms with van der Waals surface area (Å²) < 4.78 is 1.76. The van der Waals surface area contributed by atoms with Gasteiger partial charge in [0.2, 0.25) is 5.91 Å². The number of carbonyl (C=O) groups excluding carboxylic acids is 1. The lowest BCUT2D eigenvalue weighted by Gasteiger charge is -2.11. The van der Waals surface area contributed by atoms with Crippen molar-refractivity contribution in [3.63, 3.8) is 0 Å². The molecule has 1 amide bonds. The van der Waals surface area contributed by atoms with Gasteiger partial charge in [-0.25, -0.2) is 4.98 Å². The molecule has 0 saturated carbocycles. The van der Waals surface area contributed by atoms with Gasteiger partial charge in [0.25, 0.3) is 0 Å². The second kappa shape index (κ2) is 6.82. The van der Waals surface area contributed by atoms with Crippen LogP contribution in [-0.4, -0.2) is 35.9 Å². The number of nitrogens with one attached hydrogen (secondary N) is 2. The van der Waals surface area contributed by atoms with E-state index < -0.39 is 0 Å². The predicted octanol–water partition coefficient (Wildman–Crippen LogP) is 1.33. The van der Waals surface area contributed by atoms with Crippen LogP contribution in [0.4, 0.5) is 0 Å². The molecule has 1 atom stereocenters. The van der Waals surface area contributed by atoms with Gasteiger partial charge in [-0.05, 0) is 25.1 Å². The molecule has 0 bridgehead atoms. The van der Waals surface area contributed by atoms with Crippen LogP contribution in [0.2, 0.25) is 0 Å². The van der Waals surface area contributed by atoms with Gasteiger partial charge in [0.15, 0.2) is 5.82 Å². The molecule has 2 N–H and O–H groups in total. The molecule has 23 heavy (non-hydrogen) atoms. The summed E-state index contributed by atoms with van der Waals surface area (Å²) in [4.78, 5) is 20.3. The first-order chi connectivity index (χ1) is 11.2. The fourth-order valence-electron chi connectivity index (χ4n) is 2.16. The molecule has 0 saturated heterocycles. The van der Waals surface area contributed by atoms with Crippen molar-refractivity contribution in [2.75, 3.05) is 0 Å². The molecule has 3 heterocycles. The first kappa shape index (κ1) is 14.9. The number of H-pyrrole nitrogens is 1. The highest BCUT2D eigenvalue weighted by Crippen LogP contribution is 2.12. The van der Waals surface area contributed by atoms with Crippen LogP contribution in [0.25, 0.3) is 11.4 Å². The maximum Gasteiger partial charge on any atom is 0.222 e. The summed E-state index contributed by atoms with van der Waals surface area (Å²) in [5.74, 6) is 1.13.